The Labute approximate surface area is 137 Å². The number of nitrogens with one attached hydrogen (secondary N) is 1. The van der Waals surface area contributed by atoms with Gasteiger partial charge in [0.25, 0.3) is 0 Å². The summed E-state index contributed by atoms with van der Waals surface area (Å²) in [6.45, 7) is 4.76. The average Bonchev–Trinajstić information content (AvgIpc) is 2.54. The summed E-state index contributed by atoms with van der Waals surface area (Å²) in [7, 11) is -3.80. The van der Waals surface area contributed by atoms with Gasteiger partial charge in [-0.05, 0) is 38.8 Å². The van der Waals surface area contributed by atoms with Crippen LogP contribution in [0.15, 0.2) is 29.2 Å². The van der Waals surface area contributed by atoms with Crippen molar-refractivity contribution in [2.45, 2.75) is 37.6 Å². The molecule has 128 valence electrons. The van der Waals surface area contributed by atoms with Crippen LogP contribution < -0.4 is 4.72 Å². The molecule has 1 fully saturated rings. The Morgan fingerprint density at radius 2 is 2.09 bits per heavy atom. The molecule has 1 aromatic rings. The van der Waals surface area contributed by atoms with Gasteiger partial charge in [0.1, 0.15) is 6.04 Å². The third kappa shape index (κ3) is 4.76. The summed E-state index contributed by atoms with van der Waals surface area (Å²) >= 11 is 0. The summed E-state index contributed by atoms with van der Waals surface area (Å²) in [4.78, 5) is 12.3. The molecule has 0 amide bonds. The van der Waals surface area contributed by atoms with E-state index in [2.05, 4.69) is 4.72 Å². The van der Waals surface area contributed by atoms with Crippen LogP contribution in [-0.2, 0) is 24.3 Å². The Hall–Kier alpha value is -1.44. The van der Waals surface area contributed by atoms with E-state index in [4.69, 9.17) is 9.47 Å². The van der Waals surface area contributed by atoms with Gasteiger partial charge in [0, 0.05) is 12.5 Å². The second kappa shape index (κ2) is 7.90. The van der Waals surface area contributed by atoms with Gasteiger partial charge < -0.3 is 9.47 Å². The predicted molar refractivity (Wildman–Crippen MR) is 85.5 cm³/mol. The molecule has 2 rings (SSSR count). The van der Waals surface area contributed by atoms with Crippen LogP contribution >= 0.6 is 0 Å². The van der Waals surface area contributed by atoms with Crippen LogP contribution in [0.1, 0.15) is 25.3 Å². The van der Waals surface area contributed by atoms with E-state index in [1.807, 2.05) is 6.92 Å². The van der Waals surface area contributed by atoms with Crippen molar-refractivity contribution in [3.05, 3.63) is 29.8 Å². The first-order valence-electron chi connectivity index (χ1n) is 7.77. The number of carbonyl (C=O) groups is 1. The van der Waals surface area contributed by atoms with Crippen molar-refractivity contribution >= 4 is 16.0 Å². The van der Waals surface area contributed by atoms with E-state index in [1.54, 1.807) is 19.1 Å². The number of hydrogen-bond acceptors (Lipinski definition) is 5. The molecule has 1 N–H and O–H groups in total. The molecule has 1 heterocycles. The maximum Gasteiger partial charge on any atom is 0.324 e. The van der Waals surface area contributed by atoms with E-state index >= 15 is 0 Å². The Kier molecular flexibility index (Phi) is 6.15. The minimum absolute atomic E-state index is 0.133. The van der Waals surface area contributed by atoms with Gasteiger partial charge in [0.2, 0.25) is 10.0 Å². The first-order valence-corrected chi connectivity index (χ1v) is 9.25. The van der Waals surface area contributed by atoms with Crippen molar-refractivity contribution < 1.29 is 22.7 Å². The van der Waals surface area contributed by atoms with E-state index < -0.39 is 22.0 Å². The van der Waals surface area contributed by atoms with Gasteiger partial charge in [0.05, 0.1) is 18.1 Å². The second-order valence-corrected chi connectivity index (χ2v) is 7.36. The monoisotopic (exact) mass is 341 g/mol. The molecular weight excluding hydrogens is 318 g/mol. The molecule has 6 nitrogen and oxygen atoms in total. The molecule has 1 unspecified atom stereocenters. The summed E-state index contributed by atoms with van der Waals surface area (Å²) in [6, 6.07) is 5.56. The Morgan fingerprint density at radius 1 is 1.39 bits per heavy atom. The van der Waals surface area contributed by atoms with Crippen LogP contribution in [0.3, 0.4) is 0 Å². The number of hydrogen-bond donors (Lipinski definition) is 1. The van der Waals surface area contributed by atoms with Gasteiger partial charge in [-0.1, -0.05) is 17.7 Å². The number of rotatable bonds is 6. The number of carbonyl (C=O) groups excluding carboxylic acids is 1. The Balaban J connectivity index is 2.21. The number of sulfonamides is 1. The lowest BCUT2D eigenvalue weighted by atomic mass is 9.94. The van der Waals surface area contributed by atoms with Gasteiger partial charge in [-0.15, -0.1) is 0 Å². The Morgan fingerprint density at radius 3 is 2.65 bits per heavy atom. The lowest BCUT2D eigenvalue weighted by Crippen LogP contribution is -2.49. The minimum atomic E-state index is -3.80. The highest BCUT2D eigenvalue weighted by atomic mass is 32.2. The largest absolute Gasteiger partial charge is 0.465 e. The number of ether oxygens (including phenoxy) is 2. The fourth-order valence-electron chi connectivity index (χ4n) is 2.55. The van der Waals surface area contributed by atoms with Crippen molar-refractivity contribution in [1.29, 1.82) is 0 Å². The molecule has 0 aliphatic carbocycles. The van der Waals surface area contributed by atoms with Gasteiger partial charge in [0.15, 0.2) is 0 Å². The van der Waals surface area contributed by atoms with E-state index in [1.165, 1.54) is 12.1 Å². The SMILES string of the molecule is CCOC(=O)C(NS(=O)(=O)c1ccc(C)cc1)[C@@H]1CCCOC1. The summed E-state index contributed by atoms with van der Waals surface area (Å²) in [5.41, 5.74) is 0.964. The summed E-state index contributed by atoms with van der Waals surface area (Å²) in [6.07, 6.45) is 1.52. The van der Waals surface area contributed by atoms with Crippen LogP contribution in [0.25, 0.3) is 0 Å². The fourth-order valence-corrected chi connectivity index (χ4v) is 3.80. The van der Waals surface area contributed by atoms with Crippen LogP contribution in [0, 0.1) is 12.8 Å². The first kappa shape index (κ1) is 17.9. The van der Waals surface area contributed by atoms with E-state index in [0.29, 0.717) is 13.2 Å². The average molecular weight is 341 g/mol. The quantitative estimate of drug-likeness (QED) is 0.795. The van der Waals surface area contributed by atoms with Crippen LogP contribution in [0.5, 0.6) is 0 Å². The van der Waals surface area contributed by atoms with Gasteiger partial charge in [-0.25, -0.2) is 8.42 Å². The zero-order valence-corrected chi connectivity index (χ0v) is 14.3. The van der Waals surface area contributed by atoms with Crippen LogP contribution in [0.4, 0.5) is 0 Å². The van der Waals surface area contributed by atoms with Crippen molar-refractivity contribution in [3.63, 3.8) is 0 Å². The van der Waals surface area contributed by atoms with Gasteiger partial charge >= 0.3 is 5.97 Å². The zero-order chi connectivity index (χ0) is 16.9. The molecule has 0 saturated carbocycles. The normalized spacial score (nSPS) is 20.0. The number of aryl methyl sites for hydroxylation is 1. The van der Waals surface area contributed by atoms with E-state index in [0.717, 1.165) is 18.4 Å². The Bertz CT molecular complexity index is 620. The summed E-state index contributed by atoms with van der Waals surface area (Å²) in [5.74, 6) is -0.776. The van der Waals surface area contributed by atoms with E-state index in [-0.39, 0.29) is 17.4 Å². The van der Waals surface area contributed by atoms with Crippen molar-refractivity contribution in [1.82, 2.24) is 4.72 Å². The molecule has 0 bridgehead atoms. The maximum absolute atomic E-state index is 12.5. The smallest absolute Gasteiger partial charge is 0.324 e. The minimum Gasteiger partial charge on any atom is -0.465 e. The lowest BCUT2D eigenvalue weighted by molar-refractivity contribution is -0.148. The molecule has 7 heteroatoms. The van der Waals surface area contributed by atoms with Crippen LogP contribution in [-0.4, -0.2) is 40.2 Å². The molecule has 0 aromatic heterocycles. The van der Waals surface area contributed by atoms with Crippen molar-refractivity contribution in [2.75, 3.05) is 19.8 Å². The second-order valence-electron chi connectivity index (χ2n) is 5.64. The predicted octanol–water partition coefficient (Wildman–Crippen LogP) is 1.63. The topological polar surface area (TPSA) is 81.7 Å². The van der Waals surface area contributed by atoms with Gasteiger partial charge in [-0.2, -0.15) is 4.72 Å². The molecular formula is C16H23NO5S. The standard InChI is InChI=1S/C16H23NO5S/c1-3-22-16(18)15(13-5-4-10-21-11-13)17-23(19,20)14-8-6-12(2)7-9-14/h6-9,13,15,17H,3-5,10-11H2,1-2H3/t13-,15?/m1/s1. The molecule has 1 saturated heterocycles. The lowest BCUT2D eigenvalue weighted by Gasteiger charge is -2.29. The van der Waals surface area contributed by atoms with Crippen molar-refractivity contribution in [3.8, 4) is 0 Å². The first-order chi connectivity index (χ1) is 10.9. The fraction of sp³-hybridized carbons (Fsp3) is 0.562. The zero-order valence-electron chi connectivity index (χ0n) is 13.4. The molecule has 1 aromatic carbocycles. The third-order valence-electron chi connectivity index (χ3n) is 3.82. The third-order valence-corrected chi connectivity index (χ3v) is 5.28. The van der Waals surface area contributed by atoms with Crippen molar-refractivity contribution in [2.24, 2.45) is 5.92 Å². The summed E-state index contributed by atoms with van der Waals surface area (Å²) in [5, 5.41) is 0. The molecule has 23 heavy (non-hydrogen) atoms. The van der Waals surface area contributed by atoms with Crippen LogP contribution in [0.2, 0.25) is 0 Å². The maximum atomic E-state index is 12.5. The number of esters is 1. The summed E-state index contributed by atoms with van der Waals surface area (Å²) < 4.78 is 38.0. The molecule has 0 radical (unpaired) electrons. The molecule has 1 aliphatic rings. The van der Waals surface area contributed by atoms with Gasteiger partial charge in [-0.3, -0.25) is 4.79 Å². The molecule has 2 atom stereocenters. The van der Waals surface area contributed by atoms with E-state index in [9.17, 15) is 13.2 Å². The highest BCUT2D eigenvalue weighted by Crippen LogP contribution is 2.21. The highest BCUT2D eigenvalue weighted by Gasteiger charge is 2.35. The molecule has 1 aliphatic heterocycles. The highest BCUT2D eigenvalue weighted by molar-refractivity contribution is 7.89. The molecule has 0 spiro atoms. The number of benzene rings is 1.